The zero-order valence-corrected chi connectivity index (χ0v) is 10.6. The summed E-state index contributed by atoms with van der Waals surface area (Å²) in [7, 11) is 0. The van der Waals surface area contributed by atoms with Crippen LogP contribution in [0.3, 0.4) is 0 Å². The fourth-order valence-electron chi connectivity index (χ4n) is 2.24. The minimum atomic E-state index is -0.198. The van der Waals surface area contributed by atoms with Gasteiger partial charge in [0.15, 0.2) is 11.2 Å². The van der Waals surface area contributed by atoms with Crippen LogP contribution >= 0.6 is 0 Å². The van der Waals surface area contributed by atoms with Gasteiger partial charge >= 0.3 is 0 Å². The Kier molecular flexibility index (Phi) is 2.87. The van der Waals surface area contributed by atoms with Crippen LogP contribution in [0.2, 0.25) is 0 Å². The maximum Gasteiger partial charge on any atom is 0.278 e. The van der Waals surface area contributed by atoms with Crippen LogP contribution in [0.25, 0.3) is 11.2 Å². The van der Waals surface area contributed by atoms with Crippen molar-refractivity contribution in [1.29, 1.82) is 0 Å². The van der Waals surface area contributed by atoms with Crippen LogP contribution in [0.15, 0.2) is 47.8 Å². The van der Waals surface area contributed by atoms with Crippen LogP contribution in [0.5, 0.6) is 0 Å². The van der Waals surface area contributed by atoms with E-state index in [9.17, 15) is 4.79 Å². The Morgan fingerprint density at radius 3 is 2.84 bits per heavy atom. The van der Waals surface area contributed by atoms with Gasteiger partial charge in [0, 0.05) is 6.04 Å². The second-order valence-corrected chi connectivity index (χ2v) is 4.59. The lowest BCUT2D eigenvalue weighted by molar-refractivity contribution is 0.555. The fraction of sp³-hybridized carbons (Fsp3) is 0.214. The minimum Gasteiger partial charge on any atom is -0.312 e. The summed E-state index contributed by atoms with van der Waals surface area (Å²) in [6.45, 7) is 2.09. The molecule has 1 aromatic carbocycles. The lowest BCUT2D eigenvalue weighted by Gasteiger charge is -2.13. The highest BCUT2D eigenvalue weighted by molar-refractivity contribution is 5.68. The zero-order chi connectivity index (χ0) is 13.2. The van der Waals surface area contributed by atoms with E-state index < -0.39 is 0 Å². The third-order valence-corrected chi connectivity index (χ3v) is 3.21. The van der Waals surface area contributed by atoms with E-state index in [1.54, 1.807) is 6.33 Å². The predicted octanol–water partition coefficient (Wildman–Crippen LogP) is 1.92. The van der Waals surface area contributed by atoms with E-state index in [1.165, 1.54) is 11.9 Å². The molecule has 0 spiro atoms. The highest BCUT2D eigenvalue weighted by atomic mass is 16.1. The molecule has 2 heterocycles. The van der Waals surface area contributed by atoms with Crippen LogP contribution in [0.1, 0.15) is 18.5 Å². The molecule has 0 saturated carbocycles. The maximum absolute atomic E-state index is 11.6. The second-order valence-electron chi connectivity index (χ2n) is 4.59. The molecular formula is C14H14N4O. The van der Waals surface area contributed by atoms with Crippen LogP contribution in [0, 0.1) is 0 Å². The van der Waals surface area contributed by atoms with Crippen LogP contribution in [-0.2, 0) is 6.42 Å². The number of benzene rings is 1. The van der Waals surface area contributed by atoms with Gasteiger partial charge in [0.2, 0.25) is 0 Å². The van der Waals surface area contributed by atoms with E-state index >= 15 is 0 Å². The molecule has 3 rings (SSSR count). The van der Waals surface area contributed by atoms with Crippen molar-refractivity contribution in [1.82, 2.24) is 19.5 Å². The third kappa shape index (κ3) is 2.14. The maximum atomic E-state index is 11.6. The molecule has 0 fully saturated rings. The summed E-state index contributed by atoms with van der Waals surface area (Å²) >= 11 is 0. The Labute approximate surface area is 110 Å². The summed E-state index contributed by atoms with van der Waals surface area (Å²) in [5.41, 5.74) is 2.08. The van der Waals surface area contributed by atoms with Crippen molar-refractivity contribution in [3.05, 3.63) is 58.9 Å². The molecule has 0 saturated heterocycles. The van der Waals surface area contributed by atoms with Crippen molar-refractivity contribution >= 4 is 11.2 Å². The molecule has 1 N–H and O–H groups in total. The first-order valence-corrected chi connectivity index (χ1v) is 6.20. The minimum absolute atomic E-state index is 0.196. The van der Waals surface area contributed by atoms with E-state index in [4.69, 9.17) is 0 Å². The molecule has 2 aromatic heterocycles. The second kappa shape index (κ2) is 4.68. The van der Waals surface area contributed by atoms with Crippen molar-refractivity contribution in [2.75, 3.05) is 0 Å². The standard InChI is InChI=1S/C14H14N4O/c1-10(7-11-5-3-2-4-6-11)18-9-17-12-13(18)15-8-16-14(12)19/h2-6,8-10H,7H2,1H3,(H,15,16,19)/t10-/m0/s1. The first-order valence-electron chi connectivity index (χ1n) is 6.20. The van der Waals surface area contributed by atoms with Gasteiger partial charge in [-0.3, -0.25) is 4.79 Å². The molecular weight excluding hydrogens is 240 g/mol. The van der Waals surface area contributed by atoms with E-state index in [1.807, 2.05) is 22.8 Å². The molecule has 0 amide bonds. The number of hydrogen-bond acceptors (Lipinski definition) is 3. The number of aromatic nitrogens is 4. The predicted molar refractivity (Wildman–Crippen MR) is 73.0 cm³/mol. The van der Waals surface area contributed by atoms with Gasteiger partial charge in [-0.1, -0.05) is 30.3 Å². The van der Waals surface area contributed by atoms with E-state index in [2.05, 4.69) is 34.0 Å². The van der Waals surface area contributed by atoms with Gasteiger partial charge in [0.25, 0.3) is 5.56 Å². The number of nitrogens with one attached hydrogen (secondary N) is 1. The summed E-state index contributed by atoms with van der Waals surface area (Å²) in [6.07, 6.45) is 3.97. The first-order chi connectivity index (χ1) is 9.25. The lowest BCUT2D eigenvalue weighted by atomic mass is 10.1. The van der Waals surface area contributed by atoms with Crippen molar-refractivity contribution in [2.24, 2.45) is 0 Å². The van der Waals surface area contributed by atoms with Gasteiger partial charge in [-0.2, -0.15) is 0 Å². The summed E-state index contributed by atoms with van der Waals surface area (Å²) in [5.74, 6) is 0. The van der Waals surface area contributed by atoms with Crippen molar-refractivity contribution in [2.45, 2.75) is 19.4 Å². The first kappa shape index (κ1) is 11.6. The van der Waals surface area contributed by atoms with Crippen LogP contribution < -0.4 is 5.56 Å². The Morgan fingerprint density at radius 2 is 2.05 bits per heavy atom. The molecule has 0 unspecified atom stereocenters. The number of imidazole rings is 1. The molecule has 1 atom stereocenters. The smallest absolute Gasteiger partial charge is 0.278 e. The highest BCUT2D eigenvalue weighted by Crippen LogP contribution is 2.17. The van der Waals surface area contributed by atoms with Crippen LogP contribution in [0.4, 0.5) is 0 Å². The molecule has 3 aromatic rings. The molecule has 0 aliphatic carbocycles. The van der Waals surface area contributed by atoms with Gasteiger partial charge in [0.1, 0.15) is 0 Å². The summed E-state index contributed by atoms with van der Waals surface area (Å²) < 4.78 is 1.94. The Hall–Kier alpha value is -2.43. The molecule has 0 radical (unpaired) electrons. The normalized spacial score (nSPS) is 12.7. The Balaban J connectivity index is 1.96. The number of hydrogen-bond donors (Lipinski definition) is 1. The SMILES string of the molecule is C[C@@H](Cc1ccccc1)n1cnc2c(=O)[nH]cnc21. The number of H-pyrrole nitrogens is 1. The van der Waals surface area contributed by atoms with E-state index in [-0.39, 0.29) is 11.6 Å². The molecule has 0 aliphatic heterocycles. The van der Waals surface area contributed by atoms with Gasteiger partial charge in [-0.05, 0) is 18.9 Å². The number of rotatable bonds is 3. The van der Waals surface area contributed by atoms with Crippen molar-refractivity contribution < 1.29 is 0 Å². The zero-order valence-electron chi connectivity index (χ0n) is 10.6. The highest BCUT2D eigenvalue weighted by Gasteiger charge is 2.12. The number of aromatic amines is 1. The summed E-state index contributed by atoms with van der Waals surface area (Å²) in [4.78, 5) is 22.5. The topological polar surface area (TPSA) is 63.6 Å². The molecule has 5 nitrogen and oxygen atoms in total. The molecule has 5 heteroatoms. The average Bonchev–Trinajstić information content (AvgIpc) is 2.85. The Bertz CT molecular complexity index is 745. The summed E-state index contributed by atoms with van der Waals surface area (Å²) in [5, 5.41) is 0. The largest absolute Gasteiger partial charge is 0.312 e. The third-order valence-electron chi connectivity index (χ3n) is 3.21. The Morgan fingerprint density at radius 1 is 1.26 bits per heavy atom. The number of fused-ring (bicyclic) bond motifs is 1. The summed E-state index contributed by atoms with van der Waals surface area (Å²) in [6, 6.07) is 10.4. The van der Waals surface area contributed by atoms with Gasteiger partial charge < -0.3 is 9.55 Å². The molecule has 0 aliphatic rings. The van der Waals surface area contributed by atoms with Gasteiger partial charge in [-0.25, -0.2) is 9.97 Å². The van der Waals surface area contributed by atoms with Crippen molar-refractivity contribution in [3.63, 3.8) is 0 Å². The average molecular weight is 254 g/mol. The monoisotopic (exact) mass is 254 g/mol. The van der Waals surface area contributed by atoms with Crippen molar-refractivity contribution in [3.8, 4) is 0 Å². The van der Waals surface area contributed by atoms with Crippen LogP contribution in [-0.4, -0.2) is 19.5 Å². The quantitative estimate of drug-likeness (QED) is 0.776. The van der Waals surface area contributed by atoms with Gasteiger partial charge in [-0.15, -0.1) is 0 Å². The lowest BCUT2D eigenvalue weighted by Crippen LogP contribution is -2.11. The molecule has 0 bridgehead atoms. The molecule has 19 heavy (non-hydrogen) atoms. The van der Waals surface area contributed by atoms with E-state index in [0.29, 0.717) is 11.2 Å². The number of nitrogens with zero attached hydrogens (tertiary/aromatic N) is 3. The molecule has 96 valence electrons. The fourth-order valence-corrected chi connectivity index (χ4v) is 2.24. The van der Waals surface area contributed by atoms with E-state index in [0.717, 1.165) is 6.42 Å². The van der Waals surface area contributed by atoms with Gasteiger partial charge in [0.05, 0.1) is 12.7 Å².